The summed E-state index contributed by atoms with van der Waals surface area (Å²) in [5.41, 5.74) is 0.426. The molecule has 3 unspecified atom stereocenters. The summed E-state index contributed by atoms with van der Waals surface area (Å²) < 4.78 is 0. The van der Waals surface area contributed by atoms with Crippen molar-refractivity contribution in [1.82, 2.24) is 10.2 Å². The molecule has 3 nitrogen and oxygen atoms in total. The molecule has 2 rings (SSSR count). The van der Waals surface area contributed by atoms with E-state index in [9.17, 15) is 5.11 Å². The van der Waals surface area contributed by atoms with Gasteiger partial charge < -0.3 is 10.4 Å². The number of aliphatic hydroxyl groups excluding tert-OH is 1. The Labute approximate surface area is 131 Å². The van der Waals surface area contributed by atoms with Crippen molar-refractivity contribution in [3.8, 4) is 0 Å². The molecule has 2 N–H and O–H groups in total. The molecule has 0 radical (unpaired) electrons. The van der Waals surface area contributed by atoms with Crippen LogP contribution in [-0.2, 0) is 0 Å². The van der Waals surface area contributed by atoms with Crippen LogP contribution in [0.2, 0.25) is 0 Å². The molecule has 0 aliphatic heterocycles. The number of aliphatic hydroxyl groups is 1. The molecule has 2 saturated carbocycles. The fourth-order valence-corrected chi connectivity index (χ4v) is 4.24. The Balaban J connectivity index is 1.98. The van der Waals surface area contributed by atoms with Gasteiger partial charge in [-0.1, -0.05) is 27.2 Å². The topological polar surface area (TPSA) is 35.5 Å². The number of hydrogen-bond donors (Lipinski definition) is 2. The largest absolute Gasteiger partial charge is 0.395 e. The molecule has 2 aliphatic rings. The molecule has 21 heavy (non-hydrogen) atoms. The minimum absolute atomic E-state index is 0.302. The Morgan fingerprint density at radius 2 is 1.86 bits per heavy atom. The van der Waals surface area contributed by atoms with E-state index in [1.54, 1.807) is 0 Å². The molecule has 0 aromatic carbocycles. The first kappa shape index (κ1) is 17.2. The fourth-order valence-electron chi connectivity index (χ4n) is 4.24. The van der Waals surface area contributed by atoms with Crippen LogP contribution in [0.4, 0.5) is 0 Å². The fraction of sp³-hybridized carbons (Fsp3) is 1.00. The Kier molecular flexibility index (Phi) is 6.10. The van der Waals surface area contributed by atoms with Gasteiger partial charge in [-0.2, -0.15) is 0 Å². The van der Waals surface area contributed by atoms with Gasteiger partial charge in [0.25, 0.3) is 0 Å². The van der Waals surface area contributed by atoms with E-state index >= 15 is 0 Å². The minimum Gasteiger partial charge on any atom is -0.395 e. The summed E-state index contributed by atoms with van der Waals surface area (Å²) in [5, 5.41) is 12.9. The molecule has 0 amide bonds. The summed E-state index contributed by atoms with van der Waals surface area (Å²) in [6, 6.07) is 1.40. The molecule has 0 saturated heterocycles. The molecule has 0 bridgehead atoms. The first-order chi connectivity index (χ1) is 9.95. The van der Waals surface area contributed by atoms with Gasteiger partial charge in [0.05, 0.1) is 6.61 Å². The first-order valence-electron chi connectivity index (χ1n) is 8.98. The number of nitrogens with one attached hydrogen (secondary N) is 1. The van der Waals surface area contributed by atoms with Gasteiger partial charge >= 0.3 is 0 Å². The van der Waals surface area contributed by atoms with Gasteiger partial charge in [0.15, 0.2) is 0 Å². The van der Waals surface area contributed by atoms with E-state index in [1.807, 2.05) is 0 Å². The van der Waals surface area contributed by atoms with Crippen LogP contribution >= 0.6 is 0 Å². The van der Waals surface area contributed by atoms with Crippen LogP contribution in [0.5, 0.6) is 0 Å². The number of rotatable bonds is 6. The smallest absolute Gasteiger partial charge is 0.0558 e. The van der Waals surface area contributed by atoms with Crippen LogP contribution < -0.4 is 5.32 Å². The quantitative estimate of drug-likeness (QED) is 0.791. The van der Waals surface area contributed by atoms with Gasteiger partial charge in [-0.15, -0.1) is 0 Å². The summed E-state index contributed by atoms with van der Waals surface area (Å²) in [6.07, 6.45) is 8.04. The summed E-state index contributed by atoms with van der Waals surface area (Å²) >= 11 is 0. The first-order valence-corrected chi connectivity index (χ1v) is 8.98. The van der Waals surface area contributed by atoms with Crippen molar-refractivity contribution < 1.29 is 5.11 Å². The molecule has 124 valence electrons. The van der Waals surface area contributed by atoms with Crippen molar-refractivity contribution in [2.75, 3.05) is 26.7 Å². The van der Waals surface area contributed by atoms with E-state index < -0.39 is 0 Å². The third-order valence-corrected chi connectivity index (χ3v) is 6.03. The lowest BCUT2D eigenvalue weighted by Crippen LogP contribution is -2.50. The average molecular weight is 296 g/mol. The van der Waals surface area contributed by atoms with Crippen molar-refractivity contribution in [3.63, 3.8) is 0 Å². The van der Waals surface area contributed by atoms with Crippen molar-refractivity contribution in [1.29, 1.82) is 0 Å². The summed E-state index contributed by atoms with van der Waals surface area (Å²) in [7, 11) is 2.12. The zero-order chi connectivity index (χ0) is 15.5. The van der Waals surface area contributed by atoms with Crippen LogP contribution in [-0.4, -0.2) is 48.8 Å². The van der Waals surface area contributed by atoms with E-state index in [4.69, 9.17) is 0 Å². The van der Waals surface area contributed by atoms with Crippen LogP contribution in [0.25, 0.3) is 0 Å². The molecule has 0 heterocycles. The van der Waals surface area contributed by atoms with Crippen LogP contribution in [0.1, 0.15) is 59.3 Å². The highest BCUT2D eigenvalue weighted by atomic mass is 16.3. The van der Waals surface area contributed by atoms with E-state index in [2.05, 4.69) is 38.0 Å². The lowest BCUT2D eigenvalue weighted by Gasteiger charge is -2.46. The maximum Gasteiger partial charge on any atom is 0.0558 e. The summed E-state index contributed by atoms with van der Waals surface area (Å²) in [6.45, 7) is 9.51. The average Bonchev–Trinajstić information content (AvgIpc) is 2.35. The Bertz CT molecular complexity index is 309. The highest BCUT2D eigenvalue weighted by Gasteiger charge is 2.37. The van der Waals surface area contributed by atoms with Crippen LogP contribution in [0.15, 0.2) is 0 Å². The lowest BCUT2D eigenvalue weighted by molar-refractivity contribution is 0.0452. The molecule has 0 spiro atoms. The Morgan fingerprint density at radius 3 is 2.33 bits per heavy atom. The summed E-state index contributed by atoms with van der Waals surface area (Å²) in [5.74, 6) is 1.57. The molecule has 0 aromatic rings. The molecule has 3 heteroatoms. The van der Waals surface area contributed by atoms with Gasteiger partial charge in [-0.05, 0) is 56.4 Å². The van der Waals surface area contributed by atoms with Crippen LogP contribution in [0.3, 0.4) is 0 Å². The second-order valence-electron chi connectivity index (χ2n) is 8.33. The number of nitrogens with zero attached hydrogens (tertiary/aromatic N) is 1. The molecule has 2 aliphatic carbocycles. The van der Waals surface area contributed by atoms with Gasteiger partial charge in [-0.25, -0.2) is 0 Å². The molecule has 3 atom stereocenters. The van der Waals surface area contributed by atoms with Gasteiger partial charge in [-0.3, -0.25) is 4.90 Å². The predicted octanol–water partition coefficient (Wildman–Crippen LogP) is 2.88. The minimum atomic E-state index is 0.302. The van der Waals surface area contributed by atoms with Gasteiger partial charge in [0.2, 0.25) is 0 Å². The highest BCUT2D eigenvalue weighted by Crippen LogP contribution is 2.41. The normalized spacial score (nSPS) is 31.4. The summed E-state index contributed by atoms with van der Waals surface area (Å²) in [4.78, 5) is 2.57. The maximum absolute atomic E-state index is 9.38. The van der Waals surface area contributed by atoms with Crippen molar-refractivity contribution in [2.24, 2.45) is 17.3 Å². The third-order valence-electron chi connectivity index (χ3n) is 6.03. The second kappa shape index (κ2) is 7.43. The van der Waals surface area contributed by atoms with E-state index in [-0.39, 0.29) is 0 Å². The van der Waals surface area contributed by atoms with Crippen molar-refractivity contribution >= 4 is 0 Å². The second-order valence-corrected chi connectivity index (χ2v) is 8.33. The molecular weight excluding hydrogens is 260 g/mol. The van der Waals surface area contributed by atoms with Crippen molar-refractivity contribution in [3.05, 3.63) is 0 Å². The van der Waals surface area contributed by atoms with Crippen molar-refractivity contribution in [2.45, 2.75) is 71.4 Å². The molecule has 0 aromatic heterocycles. The predicted molar refractivity (Wildman–Crippen MR) is 89.4 cm³/mol. The van der Waals surface area contributed by atoms with Gasteiger partial charge in [0, 0.05) is 25.2 Å². The zero-order valence-electron chi connectivity index (χ0n) is 14.6. The van der Waals surface area contributed by atoms with E-state index in [0.29, 0.717) is 18.1 Å². The standard InChI is InChI=1S/C18H36N2O/c1-18(2,3)15-8-9-17(19-4)14(12-15)13-20(10-11-21)16-6-5-7-16/h14-17,19,21H,5-13H2,1-4H3. The van der Waals surface area contributed by atoms with E-state index in [0.717, 1.165) is 24.4 Å². The SMILES string of the molecule is CNC1CCC(C(C)(C)C)CC1CN(CCO)C1CCC1. The monoisotopic (exact) mass is 296 g/mol. The maximum atomic E-state index is 9.38. The molecular formula is C18H36N2O. The molecule has 2 fully saturated rings. The Morgan fingerprint density at radius 1 is 1.14 bits per heavy atom. The van der Waals surface area contributed by atoms with Gasteiger partial charge in [0.1, 0.15) is 0 Å². The highest BCUT2D eigenvalue weighted by molar-refractivity contribution is 4.91. The Hall–Kier alpha value is -0.120. The third kappa shape index (κ3) is 4.43. The lowest BCUT2D eigenvalue weighted by atomic mass is 9.67. The van der Waals surface area contributed by atoms with E-state index in [1.165, 1.54) is 45.1 Å². The number of hydrogen-bond acceptors (Lipinski definition) is 3. The van der Waals surface area contributed by atoms with Crippen LogP contribution in [0, 0.1) is 17.3 Å². The zero-order valence-corrected chi connectivity index (χ0v) is 14.6.